The molecule has 0 aliphatic heterocycles. The molecule has 0 spiro atoms. The number of carbonyl (C=O) groups excluding carboxylic acids is 1. The van der Waals surface area contributed by atoms with Crippen LogP contribution >= 0.6 is 0 Å². The Morgan fingerprint density at radius 2 is 1.78 bits per heavy atom. The summed E-state index contributed by atoms with van der Waals surface area (Å²) in [5.74, 6) is -0.653. The summed E-state index contributed by atoms with van der Waals surface area (Å²) in [5, 5.41) is 2.75. The summed E-state index contributed by atoms with van der Waals surface area (Å²) in [6.45, 7) is 1.33. The highest BCUT2D eigenvalue weighted by atomic mass is 32.2. The molecular formula is C19H24FN3O3S. The standard InChI is InChI=1S/C19H24FN3O3S/c1-23(2)13-12-21-19(24)16-4-3-5-18(14-16)27(25,26)22-11-10-15-6-8-17(20)9-7-15/h3-9,14,22H,10-13H2,1-2H3,(H,21,24). The third-order valence-corrected chi connectivity index (χ3v) is 5.33. The van der Waals surface area contributed by atoms with E-state index in [4.69, 9.17) is 0 Å². The number of sulfonamides is 1. The highest BCUT2D eigenvalue weighted by molar-refractivity contribution is 7.89. The normalized spacial score (nSPS) is 11.6. The van der Waals surface area contributed by atoms with Gasteiger partial charge in [-0.2, -0.15) is 0 Å². The molecule has 2 N–H and O–H groups in total. The minimum atomic E-state index is -3.74. The average Bonchev–Trinajstić information content (AvgIpc) is 2.63. The summed E-state index contributed by atoms with van der Waals surface area (Å²) in [5.41, 5.74) is 1.11. The van der Waals surface area contributed by atoms with Gasteiger partial charge in [0, 0.05) is 25.2 Å². The van der Waals surface area contributed by atoms with E-state index in [1.807, 2.05) is 19.0 Å². The lowest BCUT2D eigenvalue weighted by atomic mass is 10.1. The Labute approximate surface area is 159 Å². The van der Waals surface area contributed by atoms with Crippen molar-refractivity contribution in [3.63, 3.8) is 0 Å². The van der Waals surface area contributed by atoms with Gasteiger partial charge in [-0.3, -0.25) is 4.79 Å². The monoisotopic (exact) mass is 393 g/mol. The van der Waals surface area contributed by atoms with Crippen molar-refractivity contribution in [3.8, 4) is 0 Å². The average molecular weight is 393 g/mol. The van der Waals surface area contributed by atoms with Crippen LogP contribution in [-0.4, -0.2) is 53.0 Å². The van der Waals surface area contributed by atoms with Gasteiger partial charge in [-0.25, -0.2) is 17.5 Å². The summed E-state index contributed by atoms with van der Waals surface area (Å²) in [4.78, 5) is 14.1. The van der Waals surface area contributed by atoms with Crippen LogP contribution in [0, 0.1) is 5.82 Å². The lowest BCUT2D eigenvalue weighted by Gasteiger charge is -2.11. The quantitative estimate of drug-likeness (QED) is 0.679. The van der Waals surface area contributed by atoms with Crippen LogP contribution in [0.1, 0.15) is 15.9 Å². The maximum absolute atomic E-state index is 12.9. The van der Waals surface area contributed by atoms with Crippen LogP contribution in [0.5, 0.6) is 0 Å². The first-order valence-electron chi connectivity index (χ1n) is 8.55. The van der Waals surface area contributed by atoms with E-state index < -0.39 is 10.0 Å². The van der Waals surface area contributed by atoms with Gasteiger partial charge in [0.2, 0.25) is 10.0 Å². The van der Waals surface area contributed by atoms with Gasteiger partial charge >= 0.3 is 0 Å². The molecule has 2 aromatic rings. The minimum Gasteiger partial charge on any atom is -0.351 e. The first kappa shape index (κ1) is 21.0. The molecule has 6 nitrogen and oxygen atoms in total. The van der Waals surface area contributed by atoms with Crippen molar-refractivity contribution in [1.82, 2.24) is 14.9 Å². The van der Waals surface area contributed by atoms with Gasteiger partial charge in [-0.15, -0.1) is 0 Å². The molecule has 27 heavy (non-hydrogen) atoms. The molecule has 8 heteroatoms. The van der Waals surface area contributed by atoms with Gasteiger partial charge in [0.05, 0.1) is 4.90 Å². The number of likely N-dealkylation sites (N-methyl/N-ethyl adjacent to an activating group) is 1. The van der Waals surface area contributed by atoms with Gasteiger partial charge in [0.1, 0.15) is 5.82 Å². The van der Waals surface area contributed by atoms with E-state index in [9.17, 15) is 17.6 Å². The summed E-state index contributed by atoms with van der Waals surface area (Å²) < 4.78 is 40.3. The molecule has 0 aromatic heterocycles. The molecule has 2 rings (SSSR count). The fourth-order valence-corrected chi connectivity index (χ4v) is 3.44. The van der Waals surface area contributed by atoms with Crippen molar-refractivity contribution in [2.24, 2.45) is 0 Å². The molecule has 2 aromatic carbocycles. The minimum absolute atomic E-state index is 0.0295. The van der Waals surface area contributed by atoms with Crippen LogP contribution in [0.25, 0.3) is 0 Å². The van der Waals surface area contributed by atoms with E-state index >= 15 is 0 Å². The van der Waals surface area contributed by atoms with Gasteiger partial charge in [-0.1, -0.05) is 18.2 Å². The van der Waals surface area contributed by atoms with Crippen molar-refractivity contribution in [2.45, 2.75) is 11.3 Å². The SMILES string of the molecule is CN(C)CCNC(=O)c1cccc(S(=O)(=O)NCCc2ccc(F)cc2)c1. The summed E-state index contributed by atoms with van der Waals surface area (Å²) >= 11 is 0. The van der Waals surface area contributed by atoms with Crippen LogP contribution in [0.4, 0.5) is 4.39 Å². The molecule has 0 saturated heterocycles. The van der Waals surface area contributed by atoms with Crippen molar-refractivity contribution < 1.29 is 17.6 Å². The molecule has 0 radical (unpaired) electrons. The first-order chi connectivity index (χ1) is 12.8. The number of amides is 1. The van der Waals surface area contributed by atoms with E-state index in [1.54, 1.807) is 18.2 Å². The van der Waals surface area contributed by atoms with Gasteiger partial charge < -0.3 is 10.2 Å². The van der Waals surface area contributed by atoms with Crippen LogP contribution in [0.3, 0.4) is 0 Å². The van der Waals surface area contributed by atoms with Crippen molar-refractivity contribution in [1.29, 1.82) is 0 Å². The fraction of sp³-hybridized carbons (Fsp3) is 0.316. The number of carbonyl (C=O) groups is 1. The van der Waals surface area contributed by atoms with Crippen molar-refractivity contribution in [2.75, 3.05) is 33.7 Å². The topological polar surface area (TPSA) is 78.5 Å². The zero-order chi connectivity index (χ0) is 19.9. The summed E-state index contributed by atoms with van der Waals surface area (Å²) in [6.07, 6.45) is 0.435. The Morgan fingerprint density at radius 3 is 2.44 bits per heavy atom. The third kappa shape index (κ3) is 6.74. The summed E-state index contributed by atoms with van der Waals surface area (Å²) in [7, 11) is 0.0587. The second-order valence-corrected chi connectivity index (χ2v) is 8.13. The number of benzene rings is 2. The number of nitrogens with zero attached hydrogens (tertiary/aromatic N) is 1. The molecule has 0 atom stereocenters. The van der Waals surface area contributed by atoms with E-state index in [2.05, 4.69) is 10.0 Å². The summed E-state index contributed by atoms with van der Waals surface area (Å²) in [6, 6.07) is 11.8. The molecule has 0 unspecified atom stereocenters. The maximum atomic E-state index is 12.9. The molecule has 0 aliphatic carbocycles. The van der Waals surface area contributed by atoms with Gasteiger partial charge in [0.15, 0.2) is 0 Å². The predicted octanol–water partition coefficient (Wildman–Crippen LogP) is 1.64. The molecule has 0 bridgehead atoms. The van der Waals surface area contributed by atoms with Gasteiger partial charge in [0.25, 0.3) is 5.91 Å². The van der Waals surface area contributed by atoms with E-state index in [0.717, 1.165) is 5.56 Å². The van der Waals surface area contributed by atoms with E-state index in [1.165, 1.54) is 30.3 Å². The molecular weight excluding hydrogens is 369 g/mol. The highest BCUT2D eigenvalue weighted by Gasteiger charge is 2.16. The van der Waals surface area contributed by atoms with Crippen LogP contribution in [0.2, 0.25) is 0 Å². The Bertz CT molecular complexity index is 868. The third-order valence-electron chi connectivity index (χ3n) is 3.87. The van der Waals surface area contributed by atoms with E-state index in [-0.39, 0.29) is 28.7 Å². The molecule has 146 valence electrons. The smallest absolute Gasteiger partial charge is 0.251 e. The molecule has 1 amide bonds. The zero-order valence-electron chi connectivity index (χ0n) is 15.4. The molecule has 0 saturated carbocycles. The van der Waals surface area contributed by atoms with Crippen LogP contribution in [-0.2, 0) is 16.4 Å². The Hall–Kier alpha value is -2.29. The fourth-order valence-electron chi connectivity index (χ4n) is 2.36. The lowest BCUT2D eigenvalue weighted by molar-refractivity contribution is 0.0951. The Kier molecular flexibility index (Phi) is 7.46. The second kappa shape index (κ2) is 9.59. The maximum Gasteiger partial charge on any atom is 0.251 e. The largest absolute Gasteiger partial charge is 0.351 e. The second-order valence-electron chi connectivity index (χ2n) is 6.36. The van der Waals surface area contributed by atoms with Gasteiger partial charge in [-0.05, 0) is 56.4 Å². The number of halogens is 1. The molecule has 0 heterocycles. The Balaban J connectivity index is 1.96. The lowest BCUT2D eigenvalue weighted by Crippen LogP contribution is -2.31. The number of rotatable bonds is 9. The van der Waals surface area contributed by atoms with Crippen molar-refractivity contribution in [3.05, 3.63) is 65.5 Å². The first-order valence-corrected chi connectivity index (χ1v) is 10.0. The number of nitrogens with one attached hydrogen (secondary N) is 2. The number of hydrogen-bond donors (Lipinski definition) is 2. The van der Waals surface area contributed by atoms with Crippen molar-refractivity contribution >= 4 is 15.9 Å². The Morgan fingerprint density at radius 1 is 1.07 bits per heavy atom. The predicted molar refractivity (Wildman–Crippen MR) is 103 cm³/mol. The van der Waals surface area contributed by atoms with E-state index in [0.29, 0.717) is 19.5 Å². The molecule has 0 fully saturated rings. The van der Waals surface area contributed by atoms with Crippen LogP contribution < -0.4 is 10.0 Å². The zero-order valence-corrected chi connectivity index (χ0v) is 16.2. The van der Waals surface area contributed by atoms with Crippen LogP contribution in [0.15, 0.2) is 53.4 Å². The molecule has 0 aliphatic rings. The highest BCUT2D eigenvalue weighted by Crippen LogP contribution is 2.12. The number of hydrogen-bond acceptors (Lipinski definition) is 4.